The van der Waals surface area contributed by atoms with Gasteiger partial charge in [0, 0.05) is 34.9 Å². The second-order valence-electron chi connectivity index (χ2n) is 6.15. The number of rotatable bonds is 7. The molecule has 4 N–H and O–H groups in total. The topological polar surface area (TPSA) is 151 Å². The highest BCUT2D eigenvalue weighted by molar-refractivity contribution is 7.89. The number of carboxylic acids is 1. The summed E-state index contributed by atoms with van der Waals surface area (Å²) in [6.07, 6.45) is 4.48. The van der Waals surface area contributed by atoms with E-state index in [0.717, 1.165) is 4.31 Å². The number of nitrogens with zero attached hydrogens (tertiary/aromatic N) is 4. The smallest absolute Gasteiger partial charge is 0.318 e. The lowest BCUT2D eigenvalue weighted by Crippen LogP contribution is -2.35. The minimum Gasteiger partial charge on any atom is -0.480 e. The van der Waals surface area contributed by atoms with Gasteiger partial charge >= 0.3 is 5.97 Å². The molecule has 0 saturated heterocycles. The Morgan fingerprint density at radius 1 is 1.27 bits per heavy atom. The van der Waals surface area contributed by atoms with Crippen molar-refractivity contribution in [2.45, 2.75) is 11.4 Å². The van der Waals surface area contributed by atoms with Crippen molar-refractivity contribution in [2.24, 2.45) is 10.2 Å². The maximum atomic E-state index is 13.2. The molecule has 1 aromatic carbocycles. The van der Waals surface area contributed by atoms with Crippen molar-refractivity contribution in [3.05, 3.63) is 60.7 Å². The number of guanidine groups is 1. The van der Waals surface area contributed by atoms with Crippen LogP contribution in [0.25, 0.3) is 10.8 Å². The molecule has 0 radical (unpaired) electrons. The van der Waals surface area contributed by atoms with Crippen molar-refractivity contribution >= 4 is 50.2 Å². The lowest BCUT2D eigenvalue weighted by Gasteiger charge is -2.20. The van der Waals surface area contributed by atoms with Gasteiger partial charge in [-0.25, -0.2) is 8.42 Å². The number of fused-ring (bicyclic) bond motifs is 1. The zero-order valence-corrected chi connectivity index (χ0v) is 17.0. The zero-order valence-electron chi connectivity index (χ0n) is 15.4. The summed E-state index contributed by atoms with van der Waals surface area (Å²) in [4.78, 5) is 19.3. The van der Waals surface area contributed by atoms with E-state index >= 15 is 0 Å². The molecule has 2 heterocycles. The standard InChI is InChI=1S/C18H17ClN6O4S/c19-24-18(20)23-16-9-21-8-12-7-14(4-5-15(12)16)30(28,29)25(11-17(26)27)10-13-3-1-2-6-22-13/h1-9H,10-11H2,(H,26,27)(H3,20,23,24). The molecule has 3 aromatic rings. The first kappa shape index (κ1) is 21.4. The molecule has 3 rings (SSSR count). The number of carbonyl (C=O) groups is 1. The van der Waals surface area contributed by atoms with Crippen LogP contribution in [0.1, 0.15) is 5.69 Å². The monoisotopic (exact) mass is 448 g/mol. The van der Waals surface area contributed by atoms with E-state index in [2.05, 4.69) is 19.8 Å². The van der Waals surface area contributed by atoms with Gasteiger partial charge in [-0.15, -0.1) is 4.51 Å². The van der Waals surface area contributed by atoms with Crippen molar-refractivity contribution < 1.29 is 18.3 Å². The van der Waals surface area contributed by atoms with E-state index in [1.54, 1.807) is 24.3 Å². The fourth-order valence-corrected chi connectivity index (χ4v) is 4.21. The molecule has 12 heteroatoms. The largest absolute Gasteiger partial charge is 0.480 e. The van der Waals surface area contributed by atoms with E-state index in [0.29, 0.717) is 22.2 Å². The summed E-state index contributed by atoms with van der Waals surface area (Å²) in [6.45, 7) is -0.893. The Balaban J connectivity index is 2.01. The van der Waals surface area contributed by atoms with Gasteiger partial charge < -0.3 is 16.2 Å². The molecule has 0 amide bonds. The molecular formula is C18H17ClN6O4S. The Morgan fingerprint density at radius 2 is 2.07 bits per heavy atom. The summed E-state index contributed by atoms with van der Waals surface area (Å²) >= 11 is 5.32. The van der Waals surface area contributed by atoms with Gasteiger partial charge in [-0.2, -0.15) is 4.31 Å². The molecule has 0 fully saturated rings. The predicted octanol–water partition coefficient (Wildman–Crippen LogP) is 1.79. The highest BCUT2D eigenvalue weighted by Gasteiger charge is 2.27. The fraction of sp³-hybridized carbons (Fsp3) is 0.111. The van der Waals surface area contributed by atoms with E-state index in [4.69, 9.17) is 17.5 Å². The van der Waals surface area contributed by atoms with Crippen LogP contribution in [0.5, 0.6) is 0 Å². The second-order valence-corrected chi connectivity index (χ2v) is 8.26. The average Bonchev–Trinajstić information content (AvgIpc) is 2.73. The molecule has 0 saturated carbocycles. The third-order valence-electron chi connectivity index (χ3n) is 4.10. The highest BCUT2D eigenvalue weighted by Crippen LogP contribution is 2.27. The maximum absolute atomic E-state index is 13.2. The molecule has 156 valence electrons. The number of hydrogen-bond donors (Lipinski definition) is 3. The first-order chi connectivity index (χ1) is 14.3. The number of halogens is 1. The minimum atomic E-state index is -4.13. The molecule has 0 spiro atoms. The molecular weight excluding hydrogens is 432 g/mol. The number of nitrogens with one attached hydrogen (secondary N) is 1. The van der Waals surface area contributed by atoms with Crippen molar-refractivity contribution in [3.63, 3.8) is 0 Å². The first-order valence-electron chi connectivity index (χ1n) is 8.52. The Kier molecular flexibility index (Phi) is 6.45. The number of hydrogen-bond acceptors (Lipinski definition) is 6. The van der Waals surface area contributed by atoms with Crippen LogP contribution in [0.4, 0.5) is 5.69 Å². The molecule has 0 aliphatic rings. The lowest BCUT2D eigenvalue weighted by atomic mass is 10.1. The summed E-state index contributed by atoms with van der Waals surface area (Å²) < 4.78 is 30.5. The number of carboxylic acid groups (broad SMARTS) is 1. The van der Waals surface area contributed by atoms with E-state index < -0.39 is 22.5 Å². The number of anilines is 1. The zero-order chi connectivity index (χ0) is 21.7. The van der Waals surface area contributed by atoms with Crippen LogP contribution in [0.15, 0.2) is 64.4 Å². The number of pyridine rings is 2. The van der Waals surface area contributed by atoms with Crippen molar-refractivity contribution in [1.82, 2.24) is 14.3 Å². The molecule has 0 atom stereocenters. The van der Waals surface area contributed by atoms with E-state index in [1.807, 2.05) is 0 Å². The third kappa shape index (κ3) is 4.82. The lowest BCUT2D eigenvalue weighted by molar-refractivity contribution is -0.137. The van der Waals surface area contributed by atoms with E-state index in [1.165, 1.54) is 30.7 Å². The number of benzene rings is 1. The predicted molar refractivity (Wildman–Crippen MR) is 112 cm³/mol. The fourth-order valence-electron chi connectivity index (χ4n) is 2.77. The Morgan fingerprint density at radius 3 is 2.73 bits per heavy atom. The summed E-state index contributed by atoms with van der Waals surface area (Å²) in [5, 5.41) is 13.1. The van der Waals surface area contributed by atoms with E-state index in [-0.39, 0.29) is 17.4 Å². The molecule has 0 aliphatic heterocycles. The molecule has 0 aliphatic carbocycles. The summed E-state index contributed by atoms with van der Waals surface area (Å²) in [5.41, 5.74) is 6.47. The van der Waals surface area contributed by atoms with Gasteiger partial charge in [0.05, 0.1) is 29.0 Å². The summed E-state index contributed by atoms with van der Waals surface area (Å²) in [5.74, 6) is -1.33. The van der Waals surface area contributed by atoms with Crippen LogP contribution in [-0.4, -0.2) is 46.3 Å². The number of aliphatic carboxylic acids is 1. The number of sulfonamides is 1. The van der Waals surface area contributed by atoms with Gasteiger partial charge in [0.15, 0.2) is 0 Å². The Bertz CT molecular complexity index is 1200. The second kappa shape index (κ2) is 9.03. The molecule has 10 nitrogen and oxygen atoms in total. The van der Waals surface area contributed by atoms with Crippen LogP contribution in [0.3, 0.4) is 0 Å². The van der Waals surface area contributed by atoms with Gasteiger partial charge in [-0.05, 0) is 24.3 Å². The van der Waals surface area contributed by atoms with Crippen molar-refractivity contribution in [1.29, 1.82) is 0 Å². The molecule has 0 bridgehead atoms. The quantitative estimate of drug-likeness (QED) is 0.365. The van der Waals surface area contributed by atoms with Gasteiger partial charge in [-0.1, -0.05) is 12.1 Å². The summed E-state index contributed by atoms with van der Waals surface area (Å²) in [7, 11) is -4.13. The normalized spacial score (nSPS) is 12.3. The average molecular weight is 449 g/mol. The minimum absolute atomic E-state index is 0.0503. The Labute approximate surface area is 177 Å². The Hall–Kier alpha value is -3.28. The van der Waals surface area contributed by atoms with Crippen LogP contribution >= 0.6 is 11.8 Å². The first-order valence-corrected chi connectivity index (χ1v) is 10.3. The third-order valence-corrected chi connectivity index (χ3v) is 6.07. The van der Waals surface area contributed by atoms with Crippen LogP contribution in [0.2, 0.25) is 0 Å². The highest BCUT2D eigenvalue weighted by atomic mass is 35.5. The van der Waals surface area contributed by atoms with Gasteiger partial charge in [0.1, 0.15) is 6.54 Å². The van der Waals surface area contributed by atoms with Crippen molar-refractivity contribution in [2.75, 3.05) is 11.9 Å². The van der Waals surface area contributed by atoms with Gasteiger partial charge in [0.25, 0.3) is 0 Å². The maximum Gasteiger partial charge on any atom is 0.318 e. The molecule has 2 aromatic heterocycles. The van der Waals surface area contributed by atoms with Gasteiger partial charge in [-0.3, -0.25) is 14.8 Å². The SMILES string of the molecule is NC(=NCl)Nc1cncc2cc(S(=O)(=O)N(CC(=O)O)Cc3ccccn3)ccc12. The van der Waals surface area contributed by atoms with Crippen LogP contribution in [0, 0.1) is 0 Å². The van der Waals surface area contributed by atoms with Crippen molar-refractivity contribution in [3.8, 4) is 0 Å². The number of nitrogens with two attached hydrogens (primary N) is 1. The summed E-state index contributed by atoms with van der Waals surface area (Å²) in [6, 6.07) is 9.35. The number of aromatic nitrogens is 2. The molecule has 30 heavy (non-hydrogen) atoms. The molecule has 0 unspecified atom stereocenters. The van der Waals surface area contributed by atoms with Gasteiger partial charge in [0.2, 0.25) is 16.0 Å². The van der Waals surface area contributed by atoms with Crippen LogP contribution in [-0.2, 0) is 21.4 Å². The van der Waals surface area contributed by atoms with Crippen LogP contribution < -0.4 is 11.1 Å². The van der Waals surface area contributed by atoms with E-state index in [9.17, 15) is 18.3 Å².